The van der Waals surface area contributed by atoms with E-state index in [1.807, 2.05) is 11.3 Å². The van der Waals surface area contributed by atoms with Gasteiger partial charge in [-0.2, -0.15) is 0 Å². The summed E-state index contributed by atoms with van der Waals surface area (Å²) in [7, 11) is 0. The van der Waals surface area contributed by atoms with Crippen molar-refractivity contribution >= 4 is 27.4 Å². The Kier molecular flexibility index (Phi) is 6.24. The van der Waals surface area contributed by atoms with Gasteiger partial charge < -0.3 is 4.90 Å². The lowest BCUT2D eigenvalue weighted by molar-refractivity contribution is 0.260. The highest BCUT2D eigenvalue weighted by Gasteiger charge is 2.26. The third kappa shape index (κ3) is 4.49. The summed E-state index contributed by atoms with van der Waals surface area (Å²) < 4.78 is 0. The molecule has 1 aliphatic heterocycles. The number of thiophene rings is 1. The summed E-state index contributed by atoms with van der Waals surface area (Å²) >= 11 is 1.94. The maximum atomic E-state index is 5.16. The zero-order chi connectivity index (χ0) is 21.2. The number of benzene rings is 1. The molecule has 0 radical (unpaired) electrons. The summed E-state index contributed by atoms with van der Waals surface area (Å²) in [6.45, 7) is 9.91. The first kappa shape index (κ1) is 20.9. The topological polar surface area (TPSA) is 32.3 Å². The molecular weight excluding hydrogens is 400 g/mol. The summed E-state index contributed by atoms with van der Waals surface area (Å²) in [5.41, 5.74) is 3.00. The van der Waals surface area contributed by atoms with Crippen LogP contribution in [0.5, 0.6) is 0 Å². The molecule has 3 aromatic rings. The highest BCUT2D eigenvalue weighted by atomic mass is 32.1. The van der Waals surface area contributed by atoms with E-state index in [-0.39, 0.29) is 0 Å². The molecule has 1 saturated heterocycles. The van der Waals surface area contributed by atoms with Gasteiger partial charge in [-0.15, -0.1) is 11.3 Å². The maximum Gasteiger partial charge on any atom is 0.141 e. The Morgan fingerprint density at radius 1 is 0.935 bits per heavy atom. The van der Waals surface area contributed by atoms with Gasteiger partial charge >= 0.3 is 0 Å². The van der Waals surface area contributed by atoms with Gasteiger partial charge in [0.1, 0.15) is 16.5 Å². The number of fused-ring (bicyclic) bond motifs is 3. The predicted molar refractivity (Wildman–Crippen MR) is 132 cm³/mol. The van der Waals surface area contributed by atoms with Crippen LogP contribution in [0, 0.1) is 0 Å². The smallest absolute Gasteiger partial charge is 0.141 e. The molecule has 0 saturated carbocycles. The molecule has 0 unspecified atom stereocenters. The summed E-state index contributed by atoms with van der Waals surface area (Å²) in [5.74, 6) is 2.58. The van der Waals surface area contributed by atoms with Crippen LogP contribution < -0.4 is 4.90 Å². The lowest BCUT2D eigenvalue weighted by Crippen LogP contribution is -2.47. The van der Waals surface area contributed by atoms with Crippen molar-refractivity contribution in [3.63, 3.8) is 0 Å². The number of aryl methyl sites for hydroxylation is 2. The molecule has 4 nitrogen and oxygen atoms in total. The number of hydrogen-bond donors (Lipinski definition) is 0. The Morgan fingerprint density at radius 2 is 1.71 bits per heavy atom. The Morgan fingerprint density at radius 3 is 2.48 bits per heavy atom. The van der Waals surface area contributed by atoms with Crippen LogP contribution >= 0.6 is 11.3 Å². The first-order valence-corrected chi connectivity index (χ1v) is 12.8. The van der Waals surface area contributed by atoms with Gasteiger partial charge in [0.2, 0.25) is 0 Å². The van der Waals surface area contributed by atoms with Crippen molar-refractivity contribution < 1.29 is 0 Å². The standard InChI is InChI=1S/C26H34N4S/c1-19(2)24-27-25(23-21-11-7-4-8-12-22(21)31-26(23)28-24)30-17-15-29(16-18-30)14-13-20-9-5-3-6-10-20/h3,5-6,9-10,19H,4,7-8,11-18H2,1-2H3. The average Bonchev–Trinajstić information content (AvgIpc) is 2.99. The Labute approximate surface area is 190 Å². The average molecular weight is 435 g/mol. The highest BCUT2D eigenvalue weighted by molar-refractivity contribution is 7.19. The molecule has 0 bridgehead atoms. The van der Waals surface area contributed by atoms with Crippen molar-refractivity contribution in [2.45, 2.75) is 58.3 Å². The van der Waals surface area contributed by atoms with Gasteiger partial charge in [0, 0.05) is 43.5 Å². The second-order valence-electron chi connectivity index (χ2n) is 9.37. The Bertz CT molecular complexity index is 1020. The van der Waals surface area contributed by atoms with Crippen LogP contribution in [-0.4, -0.2) is 47.6 Å². The summed E-state index contributed by atoms with van der Waals surface area (Å²) in [6.07, 6.45) is 7.53. The van der Waals surface area contributed by atoms with Gasteiger partial charge in [0.15, 0.2) is 0 Å². The monoisotopic (exact) mass is 434 g/mol. The molecule has 31 heavy (non-hydrogen) atoms. The van der Waals surface area contributed by atoms with E-state index in [2.05, 4.69) is 54.0 Å². The fourth-order valence-corrected chi connectivity index (χ4v) is 6.20. The van der Waals surface area contributed by atoms with Crippen LogP contribution in [-0.2, 0) is 19.3 Å². The van der Waals surface area contributed by atoms with Crippen LogP contribution in [0.3, 0.4) is 0 Å². The van der Waals surface area contributed by atoms with Gasteiger partial charge in [-0.05, 0) is 43.2 Å². The number of anilines is 1. The van der Waals surface area contributed by atoms with Crippen molar-refractivity contribution in [1.29, 1.82) is 0 Å². The van der Waals surface area contributed by atoms with Gasteiger partial charge in [-0.25, -0.2) is 9.97 Å². The SMILES string of the molecule is CC(C)c1nc(N2CCN(CCc3ccccc3)CC2)c2c3c(sc2n1)CCCCC3. The highest BCUT2D eigenvalue weighted by Crippen LogP contribution is 2.40. The first-order chi connectivity index (χ1) is 15.2. The molecule has 1 fully saturated rings. The molecule has 2 aliphatic rings. The lowest BCUT2D eigenvalue weighted by atomic mass is 10.1. The van der Waals surface area contributed by atoms with Gasteiger partial charge in [0.25, 0.3) is 0 Å². The van der Waals surface area contributed by atoms with Crippen molar-refractivity contribution in [3.05, 3.63) is 52.2 Å². The van der Waals surface area contributed by atoms with E-state index in [1.165, 1.54) is 53.7 Å². The van der Waals surface area contributed by atoms with Crippen LogP contribution in [0.15, 0.2) is 30.3 Å². The zero-order valence-corrected chi connectivity index (χ0v) is 19.8. The molecule has 0 amide bonds. The van der Waals surface area contributed by atoms with Crippen molar-refractivity contribution in [2.24, 2.45) is 0 Å². The van der Waals surface area contributed by atoms with E-state index in [0.29, 0.717) is 5.92 Å². The minimum Gasteiger partial charge on any atom is -0.353 e. The molecule has 3 heterocycles. The van der Waals surface area contributed by atoms with Crippen molar-refractivity contribution in [1.82, 2.24) is 14.9 Å². The van der Waals surface area contributed by atoms with Crippen LogP contribution in [0.1, 0.15) is 60.9 Å². The third-order valence-corrected chi connectivity index (χ3v) is 8.00. The number of rotatable bonds is 5. The van der Waals surface area contributed by atoms with Crippen LogP contribution in [0.4, 0.5) is 5.82 Å². The molecule has 5 rings (SSSR count). The van der Waals surface area contributed by atoms with Gasteiger partial charge in [-0.1, -0.05) is 50.6 Å². The number of nitrogens with zero attached hydrogens (tertiary/aromatic N) is 4. The van der Waals surface area contributed by atoms with Crippen LogP contribution in [0.25, 0.3) is 10.2 Å². The molecular formula is C26H34N4S. The lowest BCUT2D eigenvalue weighted by Gasteiger charge is -2.36. The minimum atomic E-state index is 0.359. The van der Waals surface area contributed by atoms with Crippen molar-refractivity contribution in [2.75, 3.05) is 37.6 Å². The molecule has 2 aromatic heterocycles. The molecule has 1 aliphatic carbocycles. The Hall–Kier alpha value is -1.98. The van der Waals surface area contributed by atoms with Crippen LogP contribution in [0.2, 0.25) is 0 Å². The molecule has 164 valence electrons. The van der Waals surface area contributed by atoms with E-state index in [0.717, 1.165) is 45.0 Å². The molecule has 5 heteroatoms. The second-order valence-corrected chi connectivity index (χ2v) is 10.5. The second kappa shape index (κ2) is 9.25. The van der Waals surface area contributed by atoms with Crippen molar-refractivity contribution in [3.8, 4) is 0 Å². The number of aromatic nitrogens is 2. The van der Waals surface area contributed by atoms with E-state index >= 15 is 0 Å². The molecule has 0 atom stereocenters. The van der Waals surface area contributed by atoms with E-state index in [9.17, 15) is 0 Å². The summed E-state index contributed by atoms with van der Waals surface area (Å²) in [5, 5.41) is 1.38. The maximum absolute atomic E-state index is 5.16. The zero-order valence-electron chi connectivity index (χ0n) is 18.9. The first-order valence-electron chi connectivity index (χ1n) is 12.0. The molecule has 1 aromatic carbocycles. The summed E-state index contributed by atoms with van der Waals surface area (Å²) in [6, 6.07) is 10.9. The fraction of sp³-hybridized carbons (Fsp3) is 0.538. The molecule has 0 spiro atoms. The van der Waals surface area contributed by atoms with Gasteiger partial charge in [0.05, 0.1) is 5.39 Å². The van der Waals surface area contributed by atoms with E-state index < -0.39 is 0 Å². The minimum absolute atomic E-state index is 0.359. The number of hydrogen-bond acceptors (Lipinski definition) is 5. The predicted octanol–water partition coefficient (Wildman–Crippen LogP) is 5.45. The summed E-state index contributed by atoms with van der Waals surface area (Å²) in [4.78, 5) is 18.1. The Balaban J connectivity index is 1.37. The quantitative estimate of drug-likeness (QED) is 0.500. The molecule has 0 N–H and O–H groups in total. The largest absolute Gasteiger partial charge is 0.353 e. The fourth-order valence-electron chi connectivity index (χ4n) is 4.93. The normalized spacial score (nSPS) is 17.8. The van der Waals surface area contributed by atoms with E-state index in [1.54, 1.807) is 10.4 Å². The third-order valence-electron chi connectivity index (χ3n) is 6.81. The number of piperazine rings is 1. The van der Waals surface area contributed by atoms with E-state index in [4.69, 9.17) is 9.97 Å². The van der Waals surface area contributed by atoms with Gasteiger partial charge in [-0.3, -0.25) is 4.90 Å².